The summed E-state index contributed by atoms with van der Waals surface area (Å²) in [4.78, 5) is 31.6. The van der Waals surface area contributed by atoms with Crippen molar-refractivity contribution < 1.29 is 4.74 Å². The summed E-state index contributed by atoms with van der Waals surface area (Å²) >= 11 is 6.14. The summed E-state index contributed by atoms with van der Waals surface area (Å²) in [6.45, 7) is 1.46. The molecule has 1 unspecified atom stereocenters. The largest absolute Gasteiger partial charge is 0.494 e. The molecule has 1 N–H and O–H groups in total. The molecule has 1 fully saturated rings. The van der Waals surface area contributed by atoms with Crippen LogP contribution in [0.25, 0.3) is 27.5 Å². The van der Waals surface area contributed by atoms with Crippen molar-refractivity contribution >= 4 is 33.4 Å². The van der Waals surface area contributed by atoms with Gasteiger partial charge in [0.15, 0.2) is 0 Å². The normalized spacial score (nSPS) is 16.4. The number of nitrogens with one attached hydrogen (secondary N) is 1. The third kappa shape index (κ3) is 2.81. The maximum Gasteiger partial charge on any atom is 0.336 e. The van der Waals surface area contributed by atoms with Crippen LogP contribution in [0.2, 0.25) is 5.02 Å². The van der Waals surface area contributed by atoms with Gasteiger partial charge < -0.3 is 10.1 Å². The third-order valence-electron chi connectivity index (χ3n) is 5.59. The second-order valence-corrected chi connectivity index (χ2v) is 7.73. The zero-order chi connectivity index (χ0) is 20.8. The van der Waals surface area contributed by atoms with Gasteiger partial charge in [-0.25, -0.2) is 9.36 Å². The van der Waals surface area contributed by atoms with E-state index in [9.17, 15) is 9.59 Å². The molecule has 1 aliphatic rings. The summed E-state index contributed by atoms with van der Waals surface area (Å²) in [6, 6.07) is 12.2. The Balaban J connectivity index is 1.98. The van der Waals surface area contributed by atoms with Crippen molar-refractivity contribution in [3.05, 3.63) is 74.5 Å². The number of aromatic nitrogens is 3. The van der Waals surface area contributed by atoms with E-state index in [-0.39, 0.29) is 6.04 Å². The SMILES string of the molecule is COc1cccc2c1ncc1c(=O)n(-c3cccc(Cl)c3)c(=O)n(C3CCNC3)c12. The van der Waals surface area contributed by atoms with Gasteiger partial charge in [-0.2, -0.15) is 0 Å². The van der Waals surface area contributed by atoms with Crippen LogP contribution in [0.4, 0.5) is 0 Å². The number of hydrogen-bond donors (Lipinski definition) is 1. The molecule has 1 atom stereocenters. The Morgan fingerprint density at radius 2 is 2.00 bits per heavy atom. The highest BCUT2D eigenvalue weighted by Gasteiger charge is 2.25. The topological polar surface area (TPSA) is 78.2 Å². The number of pyridine rings is 1. The lowest BCUT2D eigenvalue weighted by Gasteiger charge is -2.20. The molecule has 30 heavy (non-hydrogen) atoms. The van der Waals surface area contributed by atoms with Crippen molar-refractivity contribution in [2.75, 3.05) is 20.2 Å². The van der Waals surface area contributed by atoms with Crippen LogP contribution in [0, 0.1) is 0 Å². The Morgan fingerprint density at radius 3 is 2.73 bits per heavy atom. The molecular formula is C22H19ClN4O3. The number of nitrogens with zero attached hydrogens (tertiary/aromatic N) is 3. The van der Waals surface area contributed by atoms with E-state index in [1.165, 1.54) is 10.8 Å². The van der Waals surface area contributed by atoms with Crippen LogP contribution in [-0.4, -0.2) is 34.3 Å². The van der Waals surface area contributed by atoms with E-state index >= 15 is 0 Å². The molecule has 0 amide bonds. The molecule has 0 saturated carbocycles. The maximum absolute atomic E-state index is 13.7. The Morgan fingerprint density at radius 1 is 1.17 bits per heavy atom. The molecular weight excluding hydrogens is 404 g/mol. The maximum atomic E-state index is 13.7. The first-order chi connectivity index (χ1) is 14.6. The monoisotopic (exact) mass is 422 g/mol. The van der Waals surface area contributed by atoms with E-state index in [0.717, 1.165) is 13.0 Å². The summed E-state index contributed by atoms with van der Waals surface area (Å²) in [7, 11) is 1.58. The average Bonchev–Trinajstić information content (AvgIpc) is 3.27. The fourth-order valence-electron chi connectivity index (χ4n) is 4.21. The number of para-hydroxylation sites is 1. The lowest BCUT2D eigenvalue weighted by Crippen LogP contribution is -2.41. The number of fused-ring (bicyclic) bond motifs is 3. The van der Waals surface area contributed by atoms with E-state index in [2.05, 4.69) is 10.3 Å². The van der Waals surface area contributed by atoms with Crippen molar-refractivity contribution in [3.63, 3.8) is 0 Å². The predicted molar refractivity (Wildman–Crippen MR) is 117 cm³/mol. The van der Waals surface area contributed by atoms with Crippen molar-refractivity contribution in [1.29, 1.82) is 0 Å². The van der Waals surface area contributed by atoms with E-state index in [1.54, 1.807) is 35.9 Å². The smallest absolute Gasteiger partial charge is 0.336 e. The summed E-state index contributed by atoms with van der Waals surface area (Å²) < 4.78 is 8.35. The van der Waals surface area contributed by atoms with Crippen molar-refractivity contribution in [3.8, 4) is 11.4 Å². The first-order valence-electron chi connectivity index (χ1n) is 9.70. The van der Waals surface area contributed by atoms with Crippen LogP contribution in [0.5, 0.6) is 5.75 Å². The third-order valence-corrected chi connectivity index (χ3v) is 5.82. The molecule has 5 rings (SSSR count). The zero-order valence-corrected chi connectivity index (χ0v) is 17.0. The van der Waals surface area contributed by atoms with Crippen molar-refractivity contribution in [1.82, 2.24) is 19.4 Å². The van der Waals surface area contributed by atoms with E-state index in [0.29, 0.717) is 44.8 Å². The summed E-state index contributed by atoms with van der Waals surface area (Å²) in [5, 5.41) is 4.85. The fourth-order valence-corrected chi connectivity index (χ4v) is 4.40. The summed E-state index contributed by atoms with van der Waals surface area (Å²) in [6.07, 6.45) is 2.32. The minimum absolute atomic E-state index is 0.0807. The number of benzene rings is 2. The lowest BCUT2D eigenvalue weighted by atomic mass is 10.1. The van der Waals surface area contributed by atoms with Crippen LogP contribution >= 0.6 is 11.6 Å². The molecule has 2 aromatic carbocycles. The van der Waals surface area contributed by atoms with Crippen LogP contribution in [0.15, 0.2) is 58.3 Å². The van der Waals surface area contributed by atoms with Crippen LogP contribution in [0.3, 0.4) is 0 Å². The molecule has 3 heterocycles. The Hall–Kier alpha value is -3.16. The van der Waals surface area contributed by atoms with Gasteiger partial charge in [-0.3, -0.25) is 14.3 Å². The number of methoxy groups -OCH3 is 1. The highest BCUT2D eigenvalue weighted by Crippen LogP contribution is 2.30. The van der Waals surface area contributed by atoms with Crippen molar-refractivity contribution in [2.24, 2.45) is 0 Å². The van der Waals surface area contributed by atoms with Gasteiger partial charge in [-0.15, -0.1) is 0 Å². The Bertz CT molecular complexity index is 1400. The van der Waals surface area contributed by atoms with Crippen LogP contribution < -0.4 is 21.3 Å². The first-order valence-corrected chi connectivity index (χ1v) is 10.1. The highest BCUT2D eigenvalue weighted by atomic mass is 35.5. The molecule has 0 spiro atoms. The molecule has 0 radical (unpaired) electrons. The molecule has 1 aliphatic heterocycles. The fraction of sp³-hybridized carbons (Fsp3) is 0.227. The molecule has 1 saturated heterocycles. The molecule has 7 nitrogen and oxygen atoms in total. The molecule has 0 aliphatic carbocycles. The van der Waals surface area contributed by atoms with Gasteiger partial charge in [0.1, 0.15) is 11.3 Å². The van der Waals surface area contributed by atoms with Gasteiger partial charge in [-0.05, 0) is 37.2 Å². The average molecular weight is 423 g/mol. The van der Waals surface area contributed by atoms with Gasteiger partial charge in [0.05, 0.1) is 29.7 Å². The van der Waals surface area contributed by atoms with Crippen LogP contribution in [-0.2, 0) is 0 Å². The Labute approximate surface area is 176 Å². The molecule has 4 aromatic rings. The molecule has 2 aromatic heterocycles. The van der Waals surface area contributed by atoms with E-state index < -0.39 is 11.2 Å². The lowest BCUT2D eigenvalue weighted by molar-refractivity contribution is 0.419. The molecule has 152 valence electrons. The minimum atomic E-state index is -0.420. The molecule has 0 bridgehead atoms. The van der Waals surface area contributed by atoms with Gasteiger partial charge in [0.25, 0.3) is 5.56 Å². The summed E-state index contributed by atoms with van der Waals surface area (Å²) in [5.41, 5.74) is 0.827. The van der Waals surface area contributed by atoms with E-state index in [1.807, 2.05) is 18.2 Å². The van der Waals surface area contributed by atoms with Crippen LogP contribution in [0.1, 0.15) is 12.5 Å². The minimum Gasteiger partial charge on any atom is -0.494 e. The zero-order valence-electron chi connectivity index (χ0n) is 16.3. The van der Waals surface area contributed by atoms with Gasteiger partial charge in [0, 0.05) is 23.2 Å². The number of halogens is 1. The second kappa shape index (κ2) is 7.27. The summed E-state index contributed by atoms with van der Waals surface area (Å²) in [5.74, 6) is 0.594. The Kier molecular flexibility index (Phi) is 4.56. The number of rotatable bonds is 3. The second-order valence-electron chi connectivity index (χ2n) is 7.30. The number of ether oxygens (including phenoxy) is 1. The first kappa shape index (κ1) is 18.8. The quantitative estimate of drug-likeness (QED) is 0.514. The number of hydrogen-bond acceptors (Lipinski definition) is 5. The van der Waals surface area contributed by atoms with Gasteiger partial charge >= 0.3 is 5.69 Å². The molecule has 8 heteroatoms. The van der Waals surface area contributed by atoms with Gasteiger partial charge in [0.2, 0.25) is 0 Å². The van der Waals surface area contributed by atoms with E-state index in [4.69, 9.17) is 16.3 Å². The predicted octanol–water partition coefficient (Wildman–Crippen LogP) is 2.90. The van der Waals surface area contributed by atoms with Crippen molar-refractivity contribution in [2.45, 2.75) is 12.5 Å². The highest BCUT2D eigenvalue weighted by molar-refractivity contribution is 6.30. The standard InChI is InChI=1S/C22H19ClN4O3/c1-30-18-7-3-6-16-19(18)25-12-17-20(16)26(15-8-9-24-11-15)22(29)27(21(17)28)14-5-2-4-13(23)10-14/h2-7,10,12,15,24H,8-9,11H2,1H3. The van der Waals surface area contributed by atoms with Gasteiger partial charge in [-0.1, -0.05) is 29.8 Å².